The van der Waals surface area contributed by atoms with Crippen LogP contribution in [-0.4, -0.2) is 18.1 Å². The molecular weight excluding hydrogens is 263 g/mol. The van der Waals surface area contributed by atoms with Crippen molar-refractivity contribution in [2.24, 2.45) is 5.92 Å². The first kappa shape index (κ1) is 19.1. The van der Waals surface area contributed by atoms with Crippen LogP contribution in [0.25, 0.3) is 0 Å². The second-order valence-electron chi connectivity index (χ2n) is 5.44. The van der Waals surface area contributed by atoms with Crippen molar-refractivity contribution in [1.82, 2.24) is 0 Å². The highest BCUT2D eigenvalue weighted by molar-refractivity contribution is 7.47. The zero-order valence-corrected chi connectivity index (χ0v) is 13.7. The molecule has 0 aliphatic heterocycles. The van der Waals surface area contributed by atoms with Gasteiger partial charge >= 0.3 is 7.82 Å². The number of phosphoric acid groups is 1. The van der Waals surface area contributed by atoms with Crippen LogP contribution in [0.1, 0.15) is 72.1 Å². The van der Waals surface area contributed by atoms with Crippen LogP contribution in [0.15, 0.2) is 0 Å². The van der Waals surface area contributed by atoms with Crippen molar-refractivity contribution in [3.05, 3.63) is 0 Å². The van der Waals surface area contributed by atoms with E-state index < -0.39 is 7.82 Å². The third-order valence-corrected chi connectivity index (χ3v) is 3.95. The standard InChI is InChI=1S/C14H31O4P/c1-4-5-6-9-12-17-19(15,16)18-13-10-7-8-11-14(2)3/h14H,4-13H2,1-3H3,(H,15,16). The Morgan fingerprint density at radius 1 is 0.947 bits per heavy atom. The molecule has 0 rings (SSSR count). The van der Waals surface area contributed by atoms with Gasteiger partial charge in [0.25, 0.3) is 0 Å². The molecule has 0 aromatic rings. The summed E-state index contributed by atoms with van der Waals surface area (Å²) in [5, 5.41) is 0. The number of rotatable bonds is 13. The van der Waals surface area contributed by atoms with E-state index in [9.17, 15) is 9.46 Å². The maximum Gasteiger partial charge on any atom is 0.472 e. The molecule has 0 aliphatic carbocycles. The van der Waals surface area contributed by atoms with Crippen LogP contribution in [0.4, 0.5) is 0 Å². The lowest BCUT2D eigenvalue weighted by Crippen LogP contribution is -1.99. The Kier molecular flexibility index (Phi) is 12.0. The van der Waals surface area contributed by atoms with E-state index in [2.05, 4.69) is 20.8 Å². The second kappa shape index (κ2) is 11.9. The first-order chi connectivity index (χ1) is 8.98. The van der Waals surface area contributed by atoms with E-state index in [4.69, 9.17) is 9.05 Å². The summed E-state index contributed by atoms with van der Waals surface area (Å²) in [5.41, 5.74) is 0. The van der Waals surface area contributed by atoms with Crippen LogP contribution < -0.4 is 0 Å². The number of phosphoric ester groups is 1. The van der Waals surface area contributed by atoms with E-state index >= 15 is 0 Å². The van der Waals surface area contributed by atoms with E-state index in [1.165, 1.54) is 6.42 Å². The predicted octanol–water partition coefficient (Wildman–Crippen LogP) is 4.92. The molecule has 0 saturated carbocycles. The number of hydrogen-bond acceptors (Lipinski definition) is 3. The van der Waals surface area contributed by atoms with Gasteiger partial charge in [-0.15, -0.1) is 0 Å². The fourth-order valence-electron chi connectivity index (χ4n) is 1.76. The van der Waals surface area contributed by atoms with Gasteiger partial charge in [0, 0.05) is 0 Å². The molecule has 4 nitrogen and oxygen atoms in total. The van der Waals surface area contributed by atoms with Gasteiger partial charge in [-0.1, -0.05) is 59.3 Å². The quantitative estimate of drug-likeness (QED) is 0.387. The lowest BCUT2D eigenvalue weighted by atomic mass is 10.1. The van der Waals surface area contributed by atoms with E-state index in [1.54, 1.807) is 0 Å². The fraction of sp³-hybridized carbons (Fsp3) is 1.00. The molecule has 1 unspecified atom stereocenters. The lowest BCUT2D eigenvalue weighted by Gasteiger charge is -2.12. The average Bonchev–Trinajstić information content (AvgIpc) is 2.33. The first-order valence-corrected chi connectivity index (χ1v) is 9.09. The largest absolute Gasteiger partial charge is 0.472 e. The summed E-state index contributed by atoms with van der Waals surface area (Å²) in [7, 11) is -3.81. The average molecular weight is 294 g/mol. The Labute approximate surface area is 118 Å². The molecule has 0 aromatic carbocycles. The van der Waals surface area contributed by atoms with Crippen molar-refractivity contribution < 1.29 is 18.5 Å². The third kappa shape index (κ3) is 14.3. The van der Waals surface area contributed by atoms with Crippen LogP contribution in [0.5, 0.6) is 0 Å². The molecule has 0 heterocycles. The maximum atomic E-state index is 11.5. The van der Waals surface area contributed by atoms with Gasteiger partial charge in [0.1, 0.15) is 0 Å². The summed E-state index contributed by atoms with van der Waals surface area (Å²) in [4.78, 5) is 9.43. The minimum absolute atomic E-state index is 0.306. The molecule has 0 fully saturated rings. The monoisotopic (exact) mass is 294 g/mol. The molecule has 0 amide bonds. The van der Waals surface area contributed by atoms with Crippen molar-refractivity contribution in [2.45, 2.75) is 72.1 Å². The predicted molar refractivity (Wildman–Crippen MR) is 79.2 cm³/mol. The lowest BCUT2D eigenvalue weighted by molar-refractivity contribution is 0.145. The van der Waals surface area contributed by atoms with E-state index in [0.717, 1.165) is 50.9 Å². The second-order valence-corrected chi connectivity index (χ2v) is 6.89. The fourth-order valence-corrected chi connectivity index (χ4v) is 2.55. The molecule has 1 N–H and O–H groups in total. The Morgan fingerprint density at radius 2 is 1.47 bits per heavy atom. The van der Waals surface area contributed by atoms with E-state index in [-0.39, 0.29) is 0 Å². The summed E-state index contributed by atoms with van der Waals surface area (Å²) < 4.78 is 21.3. The smallest absolute Gasteiger partial charge is 0.302 e. The van der Waals surface area contributed by atoms with Crippen LogP contribution in [0.2, 0.25) is 0 Å². The van der Waals surface area contributed by atoms with Crippen molar-refractivity contribution in [3.8, 4) is 0 Å². The molecule has 1 atom stereocenters. The third-order valence-electron chi connectivity index (χ3n) is 2.93. The molecule has 0 spiro atoms. The Hall–Kier alpha value is 0.110. The molecule has 5 heteroatoms. The molecule has 0 bridgehead atoms. The summed E-state index contributed by atoms with van der Waals surface area (Å²) in [6, 6.07) is 0. The zero-order chi connectivity index (χ0) is 14.6. The van der Waals surface area contributed by atoms with Crippen LogP contribution in [-0.2, 0) is 13.6 Å². The van der Waals surface area contributed by atoms with Crippen LogP contribution >= 0.6 is 7.82 Å². The van der Waals surface area contributed by atoms with Crippen molar-refractivity contribution in [2.75, 3.05) is 13.2 Å². The van der Waals surface area contributed by atoms with Crippen LogP contribution in [0.3, 0.4) is 0 Å². The van der Waals surface area contributed by atoms with Gasteiger partial charge < -0.3 is 4.89 Å². The highest BCUT2D eigenvalue weighted by atomic mass is 31.2. The molecule has 116 valence electrons. The van der Waals surface area contributed by atoms with Gasteiger partial charge in [-0.25, -0.2) is 4.57 Å². The normalized spacial score (nSPS) is 14.8. The highest BCUT2D eigenvalue weighted by Gasteiger charge is 2.19. The number of unbranched alkanes of at least 4 members (excludes halogenated alkanes) is 5. The number of hydrogen-bond donors (Lipinski definition) is 1. The SMILES string of the molecule is CCCCCCOP(=O)(O)OCCCCCC(C)C. The van der Waals surface area contributed by atoms with E-state index in [1.807, 2.05) is 0 Å². The summed E-state index contributed by atoms with van der Waals surface area (Å²) in [6.07, 6.45) is 8.33. The Morgan fingerprint density at radius 3 is 1.95 bits per heavy atom. The van der Waals surface area contributed by atoms with Crippen molar-refractivity contribution >= 4 is 7.82 Å². The van der Waals surface area contributed by atoms with Crippen molar-refractivity contribution in [3.63, 3.8) is 0 Å². The topological polar surface area (TPSA) is 55.8 Å². The molecular formula is C14H31O4P. The maximum absolute atomic E-state index is 11.5. The minimum Gasteiger partial charge on any atom is -0.302 e. The first-order valence-electron chi connectivity index (χ1n) is 7.60. The van der Waals surface area contributed by atoms with Gasteiger partial charge in [0.2, 0.25) is 0 Å². The molecule has 0 aromatic heterocycles. The summed E-state index contributed by atoms with van der Waals surface area (Å²) >= 11 is 0. The molecule has 0 aliphatic rings. The van der Waals surface area contributed by atoms with Gasteiger partial charge in [-0.2, -0.15) is 0 Å². The van der Waals surface area contributed by atoms with Crippen molar-refractivity contribution in [1.29, 1.82) is 0 Å². The van der Waals surface area contributed by atoms with Gasteiger partial charge in [0.05, 0.1) is 13.2 Å². The molecule has 0 saturated heterocycles. The Bertz CT molecular complexity index is 244. The highest BCUT2D eigenvalue weighted by Crippen LogP contribution is 2.43. The molecule has 0 radical (unpaired) electrons. The van der Waals surface area contributed by atoms with Crippen LogP contribution in [0, 0.1) is 5.92 Å². The van der Waals surface area contributed by atoms with Gasteiger partial charge in [0.15, 0.2) is 0 Å². The van der Waals surface area contributed by atoms with Gasteiger partial charge in [-0.05, 0) is 18.8 Å². The Balaban J connectivity index is 3.43. The van der Waals surface area contributed by atoms with Gasteiger partial charge in [-0.3, -0.25) is 9.05 Å². The van der Waals surface area contributed by atoms with E-state index in [0.29, 0.717) is 13.2 Å². The summed E-state index contributed by atoms with van der Waals surface area (Å²) in [5.74, 6) is 0.719. The molecule has 19 heavy (non-hydrogen) atoms. The zero-order valence-electron chi connectivity index (χ0n) is 12.8. The summed E-state index contributed by atoms with van der Waals surface area (Å²) in [6.45, 7) is 7.14. The minimum atomic E-state index is -3.81.